The molecule has 0 amide bonds. The van der Waals surface area contributed by atoms with Crippen LogP contribution in [0, 0.1) is 0 Å². The second-order valence-corrected chi connectivity index (χ2v) is 6.21. The van der Waals surface area contributed by atoms with Gasteiger partial charge in [-0.1, -0.05) is 12.1 Å². The fourth-order valence-corrected chi connectivity index (χ4v) is 3.31. The predicted molar refractivity (Wildman–Crippen MR) is 75.0 cm³/mol. The Hall–Kier alpha value is -1.73. The molecule has 20 heavy (non-hydrogen) atoms. The maximum Gasteiger partial charge on any atom is 0.358 e. The van der Waals surface area contributed by atoms with Crippen molar-refractivity contribution < 1.29 is 9.90 Å². The summed E-state index contributed by atoms with van der Waals surface area (Å²) in [5.41, 5.74) is 0.00861. The fraction of sp³-hybridized carbons (Fsp3) is 0.462. The molecule has 2 aromatic rings. The summed E-state index contributed by atoms with van der Waals surface area (Å²) in [6.45, 7) is 4.91. The summed E-state index contributed by atoms with van der Waals surface area (Å²) in [6, 6.07) is 4.61. The lowest BCUT2D eigenvalue weighted by Crippen LogP contribution is -2.47. The van der Waals surface area contributed by atoms with E-state index in [1.54, 1.807) is 4.68 Å². The van der Waals surface area contributed by atoms with E-state index in [1.165, 1.54) is 16.0 Å². The number of hydrogen-bond donors (Lipinski definition) is 1. The largest absolute Gasteiger partial charge is 0.476 e. The quantitative estimate of drug-likeness (QED) is 0.907. The lowest BCUT2D eigenvalue weighted by Gasteiger charge is -2.38. The van der Waals surface area contributed by atoms with Crippen molar-refractivity contribution in [2.24, 2.45) is 0 Å². The monoisotopic (exact) mass is 292 g/mol. The molecule has 3 rings (SSSR count). The van der Waals surface area contributed by atoms with E-state index in [-0.39, 0.29) is 11.7 Å². The molecule has 2 aromatic heterocycles. The molecule has 3 heterocycles. The van der Waals surface area contributed by atoms with Crippen molar-refractivity contribution in [1.82, 2.24) is 19.9 Å². The highest BCUT2D eigenvalue weighted by Gasteiger charge is 2.29. The second kappa shape index (κ2) is 5.34. The van der Waals surface area contributed by atoms with Crippen LogP contribution in [0.25, 0.3) is 0 Å². The summed E-state index contributed by atoms with van der Waals surface area (Å²) in [4.78, 5) is 15.9. The van der Waals surface area contributed by atoms with Crippen LogP contribution < -0.4 is 0 Å². The van der Waals surface area contributed by atoms with Crippen LogP contribution in [0.1, 0.15) is 33.2 Å². The Morgan fingerprint density at radius 1 is 1.45 bits per heavy atom. The molecule has 0 aliphatic carbocycles. The number of carboxylic acid groups (broad SMARTS) is 1. The number of aromatic carboxylic acids is 1. The van der Waals surface area contributed by atoms with Gasteiger partial charge in [0.15, 0.2) is 5.69 Å². The van der Waals surface area contributed by atoms with Crippen molar-refractivity contribution in [3.8, 4) is 0 Å². The Morgan fingerprint density at radius 2 is 2.20 bits per heavy atom. The van der Waals surface area contributed by atoms with Crippen LogP contribution in [0.3, 0.4) is 0 Å². The molecule has 6 nitrogen and oxygen atoms in total. The topological polar surface area (TPSA) is 71.2 Å². The van der Waals surface area contributed by atoms with Gasteiger partial charge in [-0.2, -0.15) is 0 Å². The third kappa shape index (κ3) is 2.59. The first-order valence-electron chi connectivity index (χ1n) is 6.60. The Kier molecular flexibility index (Phi) is 3.54. The average Bonchev–Trinajstić information content (AvgIpc) is 3.02. The van der Waals surface area contributed by atoms with Gasteiger partial charge in [-0.3, -0.25) is 4.90 Å². The molecule has 0 spiro atoms. The van der Waals surface area contributed by atoms with E-state index in [0.29, 0.717) is 0 Å². The number of aromatic nitrogens is 3. The molecule has 0 saturated carbocycles. The lowest BCUT2D eigenvalue weighted by molar-refractivity contribution is 0.0690. The molecule has 106 valence electrons. The van der Waals surface area contributed by atoms with Gasteiger partial charge in [-0.25, -0.2) is 9.48 Å². The highest BCUT2D eigenvalue weighted by molar-refractivity contribution is 7.11. The summed E-state index contributed by atoms with van der Waals surface area (Å²) in [5.74, 6) is -1.03. The molecule has 7 heteroatoms. The van der Waals surface area contributed by atoms with E-state index in [9.17, 15) is 4.79 Å². The van der Waals surface area contributed by atoms with Gasteiger partial charge in [0.25, 0.3) is 0 Å². The predicted octanol–water partition coefficient (Wildman–Crippen LogP) is 1.66. The molecule has 1 aliphatic heterocycles. The molecule has 0 aromatic carbocycles. The van der Waals surface area contributed by atoms with Gasteiger partial charge < -0.3 is 5.11 Å². The zero-order valence-corrected chi connectivity index (χ0v) is 12.0. The van der Waals surface area contributed by atoms with Crippen molar-refractivity contribution in [3.05, 3.63) is 33.8 Å². The number of carbonyl (C=O) groups is 1. The smallest absolute Gasteiger partial charge is 0.358 e. The summed E-state index contributed by atoms with van der Waals surface area (Å²) < 4.78 is 1.66. The van der Waals surface area contributed by atoms with E-state index in [2.05, 4.69) is 34.3 Å². The Labute approximate surface area is 120 Å². The van der Waals surface area contributed by atoms with Crippen LogP contribution in [-0.2, 0) is 13.0 Å². The maximum atomic E-state index is 10.8. The van der Waals surface area contributed by atoms with E-state index in [0.717, 1.165) is 26.1 Å². The maximum absolute atomic E-state index is 10.8. The van der Waals surface area contributed by atoms with Gasteiger partial charge in [-0.15, -0.1) is 16.4 Å². The normalized spacial score (nSPS) is 16.2. The molecule has 0 unspecified atom stereocenters. The average molecular weight is 292 g/mol. The Morgan fingerprint density at radius 3 is 2.80 bits per heavy atom. The first-order valence-corrected chi connectivity index (χ1v) is 7.42. The van der Waals surface area contributed by atoms with E-state index < -0.39 is 5.97 Å². The number of thiophene rings is 1. The minimum Gasteiger partial charge on any atom is -0.476 e. The molecular weight excluding hydrogens is 276 g/mol. The molecule has 1 aliphatic rings. The van der Waals surface area contributed by atoms with E-state index in [1.807, 2.05) is 11.3 Å². The van der Waals surface area contributed by atoms with Gasteiger partial charge in [0.05, 0.1) is 12.2 Å². The van der Waals surface area contributed by atoms with Crippen LogP contribution in [0.5, 0.6) is 0 Å². The van der Waals surface area contributed by atoms with Crippen LogP contribution >= 0.6 is 11.3 Å². The van der Waals surface area contributed by atoms with Gasteiger partial charge in [0.1, 0.15) is 0 Å². The van der Waals surface area contributed by atoms with Crippen molar-refractivity contribution in [2.45, 2.75) is 25.9 Å². The fourth-order valence-electron chi connectivity index (χ4n) is 2.31. The van der Waals surface area contributed by atoms with Crippen molar-refractivity contribution in [2.75, 3.05) is 13.1 Å². The second-order valence-electron chi connectivity index (χ2n) is 4.96. The van der Waals surface area contributed by atoms with Gasteiger partial charge in [0.2, 0.25) is 0 Å². The van der Waals surface area contributed by atoms with Gasteiger partial charge in [0, 0.05) is 29.4 Å². The highest BCUT2D eigenvalue weighted by Crippen LogP contribution is 2.25. The first kappa shape index (κ1) is 13.3. The summed E-state index contributed by atoms with van der Waals surface area (Å²) >= 11 is 1.86. The van der Waals surface area contributed by atoms with Crippen molar-refractivity contribution in [3.63, 3.8) is 0 Å². The van der Waals surface area contributed by atoms with Crippen LogP contribution in [0.2, 0.25) is 0 Å². The van der Waals surface area contributed by atoms with Crippen LogP contribution in [0.4, 0.5) is 0 Å². The zero-order chi connectivity index (χ0) is 14.1. The van der Waals surface area contributed by atoms with Gasteiger partial charge in [-0.05, 0) is 18.6 Å². The minimum atomic E-state index is -1.03. The molecule has 0 atom stereocenters. The number of aryl methyl sites for hydroxylation is 1. The number of likely N-dealkylation sites (tertiary alicyclic amines) is 1. The van der Waals surface area contributed by atoms with Crippen LogP contribution in [-0.4, -0.2) is 44.1 Å². The molecule has 0 bridgehead atoms. The summed E-state index contributed by atoms with van der Waals surface area (Å²) in [7, 11) is 0. The number of carboxylic acids is 1. The summed E-state index contributed by atoms with van der Waals surface area (Å²) in [5, 5.41) is 16.3. The Balaban J connectivity index is 1.54. The molecule has 1 N–H and O–H groups in total. The Bertz CT molecular complexity index is 615. The third-order valence-corrected chi connectivity index (χ3v) is 4.70. The molecular formula is C13H16N4O2S. The van der Waals surface area contributed by atoms with Crippen molar-refractivity contribution in [1.29, 1.82) is 0 Å². The third-order valence-electron chi connectivity index (χ3n) is 3.49. The zero-order valence-electron chi connectivity index (χ0n) is 11.2. The van der Waals surface area contributed by atoms with Crippen LogP contribution in [0.15, 0.2) is 18.3 Å². The minimum absolute atomic E-state index is 0.00861. The molecule has 1 saturated heterocycles. The molecule has 0 radical (unpaired) electrons. The van der Waals surface area contributed by atoms with Gasteiger partial charge >= 0.3 is 5.97 Å². The number of rotatable bonds is 5. The molecule has 1 fully saturated rings. The lowest BCUT2D eigenvalue weighted by atomic mass is 10.1. The first-order chi connectivity index (χ1) is 9.65. The summed E-state index contributed by atoms with van der Waals surface area (Å²) in [6.07, 6.45) is 2.59. The van der Waals surface area contributed by atoms with Crippen molar-refractivity contribution >= 4 is 17.3 Å². The number of nitrogens with zero attached hydrogens (tertiary/aromatic N) is 4. The SMILES string of the molecule is CCc1ccc(CN2CC(n3cc(C(=O)O)nn3)C2)s1. The van der Waals surface area contributed by atoms with E-state index >= 15 is 0 Å². The highest BCUT2D eigenvalue weighted by atomic mass is 32.1. The number of hydrogen-bond acceptors (Lipinski definition) is 5. The standard InChI is InChI=1S/C13H16N4O2S/c1-2-10-3-4-11(20-10)7-16-5-9(6-16)17-8-12(13(18)19)14-15-17/h3-4,8-9H,2,5-7H2,1H3,(H,18,19). The van der Waals surface area contributed by atoms with E-state index in [4.69, 9.17) is 5.11 Å².